The number of nitrogens with zero attached hydrogens (tertiary/aromatic N) is 3. The van der Waals surface area contributed by atoms with E-state index in [4.69, 9.17) is 0 Å². The highest BCUT2D eigenvalue weighted by Gasteiger charge is 2.18. The van der Waals surface area contributed by atoms with Crippen LogP contribution >= 0.6 is 0 Å². The molecule has 2 rings (SSSR count). The molecule has 4 heteroatoms. The number of hydrogen-bond acceptors (Lipinski definition) is 3. The van der Waals surface area contributed by atoms with E-state index >= 15 is 0 Å². The molecule has 4 nitrogen and oxygen atoms in total. The maximum Gasteiger partial charge on any atom is 0.0534 e. The molecule has 1 aliphatic rings. The first-order valence-electron chi connectivity index (χ1n) is 5.11. The van der Waals surface area contributed by atoms with Crippen LogP contribution in [0.25, 0.3) is 0 Å². The van der Waals surface area contributed by atoms with Gasteiger partial charge in [0.1, 0.15) is 0 Å². The van der Waals surface area contributed by atoms with Gasteiger partial charge in [-0.05, 0) is 13.0 Å². The van der Waals surface area contributed by atoms with Crippen molar-refractivity contribution in [1.82, 2.24) is 20.0 Å². The van der Waals surface area contributed by atoms with Gasteiger partial charge in [-0.3, -0.25) is 4.68 Å². The van der Waals surface area contributed by atoms with Crippen LogP contribution in [0.4, 0.5) is 0 Å². The monoisotopic (exact) mass is 194 g/mol. The highest BCUT2D eigenvalue weighted by atomic mass is 15.2. The van der Waals surface area contributed by atoms with Gasteiger partial charge in [0, 0.05) is 45.0 Å². The van der Waals surface area contributed by atoms with Gasteiger partial charge in [-0.2, -0.15) is 5.10 Å². The van der Waals surface area contributed by atoms with E-state index in [1.54, 1.807) is 0 Å². The largest absolute Gasteiger partial charge is 0.316 e. The van der Waals surface area contributed by atoms with Gasteiger partial charge in [0.25, 0.3) is 0 Å². The van der Waals surface area contributed by atoms with Crippen molar-refractivity contribution < 1.29 is 0 Å². The summed E-state index contributed by atoms with van der Waals surface area (Å²) in [5, 5.41) is 7.45. The number of rotatable bonds is 4. The van der Waals surface area contributed by atoms with Gasteiger partial charge < -0.3 is 10.2 Å². The SMILES string of the molecule is CN(Cc1cnn(C)c1)CC1CNC1. The lowest BCUT2D eigenvalue weighted by atomic mass is 10.0. The van der Waals surface area contributed by atoms with E-state index in [-0.39, 0.29) is 0 Å². The molecule has 0 bridgehead atoms. The molecular weight excluding hydrogens is 176 g/mol. The van der Waals surface area contributed by atoms with E-state index in [2.05, 4.69) is 28.6 Å². The number of nitrogens with one attached hydrogen (secondary N) is 1. The Morgan fingerprint density at radius 3 is 2.93 bits per heavy atom. The van der Waals surface area contributed by atoms with Crippen molar-refractivity contribution in [2.45, 2.75) is 6.54 Å². The molecule has 0 aliphatic carbocycles. The smallest absolute Gasteiger partial charge is 0.0534 e. The predicted octanol–water partition coefficient (Wildman–Crippen LogP) is 0.0713. The molecule has 78 valence electrons. The Kier molecular flexibility index (Phi) is 2.84. The van der Waals surface area contributed by atoms with Crippen molar-refractivity contribution in [1.29, 1.82) is 0 Å². The molecule has 1 fully saturated rings. The predicted molar refractivity (Wildman–Crippen MR) is 55.9 cm³/mol. The summed E-state index contributed by atoms with van der Waals surface area (Å²) < 4.78 is 1.86. The van der Waals surface area contributed by atoms with Crippen molar-refractivity contribution in [3.8, 4) is 0 Å². The molecule has 0 amide bonds. The summed E-state index contributed by atoms with van der Waals surface area (Å²) in [6, 6.07) is 0. The normalized spacial score (nSPS) is 17.4. The summed E-state index contributed by atoms with van der Waals surface area (Å²) in [6.07, 6.45) is 4.02. The lowest BCUT2D eigenvalue weighted by Crippen LogP contribution is -2.47. The summed E-state index contributed by atoms with van der Waals surface area (Å²) in [5.41, 5.74) is 1.29. The van der Waals surface area contributed by atoms with Crippen molar-refractivity contribution in [2.75, 3.05) is 26.7 Å². The lowest BCUT2D eigenvalue weighted by Gasteiger charge is -2.31. The van der Waals surface area contributed by atoms with E-state index in [1.807, 2.05) is 17.9 Å². The van der Waals surface area contributed by atoms with Crippen LogP contribution in [0, 0.1) is 5.92 Å². The molecule has 0 saturated carbocycles. The van der Waals surface area contributed by atoms with E-state index in [1.165, 1.54) is 25.2 Å². The first-order chi connectivity index (χ1) is 6.74. The third-order valence-corrected chi connectivity index (χ3v) is 2.65. The molecule has 2 heterocycles. The molecule has 0 unspecified atom stereocenters. The minimum atomic E-state index is 0.844. The molecule has 0 atom stereocenters. The highest BCUT2D eigenvalue weighted by molar-refractivity contribution is 5.03. The average molecular weight is 194 g/mol. The zero-order chi connectivity index (χ0) is 9.97. The van der Waals surface area contributed by atoms with Gasteiger partial charge in [0.05, 0.1) is 6.20 Å². The van der Waals surface area contributed by atoms with Gasteiger partial charge in [0.15, 0.2) is 0 Å². The van der Waals surface area contributed by atoms with Crippen LogP contribution in [0.5, 0.6) is 0 Å². The molecule has 0 radical (unpaired) electrons. The summed E-state index contributed by atoms with van der Waals surface area (Å²) >= 11 is 0. The third-order valence-electron chi connectivity index (χ3n) is 2.65. The summed E-state index contributed by atoms with van der Waals surface area (Å²) in [4.78, 5) is 2.36. The maximum atomic E-state index is 4.16. The molecule has 0 spiro atoms. The van der Waals surface area contributed by atoms with E-state index in [9.17, 15) is 0 Å². The van der Waals surface area contributed by atoms with Crippen molar-refractivity contribution in [2.24, 2.45) is 13.0 Å². The van der Waals surface area contributed by atoms with E-state index in [0.29, 0.717) is 0 Å². The van der Waals surface area contributed by atoms with Crippen LogP contribution in [-0.2, 0) is 13.6 Å². The molecule has 0 aromatic carbocycles. The fraction of sp³-hybridized carbons (Fsp3) is 0.700. The Morgan fingerprint density at radius 1 is 1.64 bits per heavy atom. The molecule has 1 aliphatic heterocycles. The zero-order valence-corrected chi connectivity index (χ0v) is 8.90. The topological polar surface area (TPSA) is 33.1 Å². The third kappa shape index (κ3) is 2.33. The van der Waals surface area contributed by atoms with E-state index in [0.717, 1.165) is 12.5 Å². The molecule has 14 heavy (non-hydrogen) atoms. The Morgan fingerprint density at radius 2 is 2.43 bits per heavy atom. The fourth-order valence-electron chi connectivity index (χ4n) is 1.85. The Balaban J connectivity index is 1.78. The van der Waals surface area contributed by atoms with Crippen LogP contribution in [0.2, 0.25) is 0 Å². The standard InChI is InChI=1S/C10H18N4/c1-13(6-9-3-11-4-9)7-10-5-12-14(2)8-10/h5,8-9,11H,3-4,6-7H2,1-2H3. The number of aryl methyl sites for hydroxylation is 1. The van der Waals surface area contributed by atoms with Crippen LogP contribution in [0.1, 0.15) is 5.56 Å². The quantitative estimate of drug-likeness (QED) is 0.736. The van der Waals surface area contributed by atoms with Crippen molar-refractivity contribution >= 4 is 0 Å². The molecule has 1 aromatic heterocycles. The van der Waals surface area contributed by atoms with Crippen LogP contribution < -0.4 is 5.32 Å². The fourth-order valence-corrected chi connectivity index (χ4v) is 1.85. The second-order valence-electron chi connectivity index (χ2n) is 4.24. The summed E-state index contributed by atoms with van der Waals surface area (Å²) in [6.45, 7) is 4.54. The zero-order valence-electron chi connectivity index (χ0n) is 8.90. The molecule has 1 aromatic rings. The second-order valence-corrected chi connectivity index (χ2v) is 4.24. The second kappa shape index (κ2) is 4.11. The average Bonchev–Trinajstić information content (AvgIpc) is 2.44. The van der Waals surface area contributed by atoms with Gasteiger partial charge >= 0.3 is 0 Å². The Hall–Kier alpha value is -0.870. The van der Waals surface area contributed by atoms with Gasteiger partial charge in [-0.25, -0.2) is 0 Å². The van der Waals surface area contributed by atoms with Crippen molar-refractivity contribution in [3.05, 3.63) is 18.0 Å². The van der Waals surface area contributed by atoms with Crippen LogP contribution in [0.15, 0.2) is 12.4 Å². The Bertz CT molecular complexity index is 290. The lowest BCUT2D eigenvalue weighted by molar-refractivity contribution is 0.218. The minimum absolute atomic E-state index is 0.844. The number of hydrogen-bond donors (Lipinski definition) is 1. The molecule has 1 saturated heterocycles. The molecule has 1 N–H and O–H groups in total. The summed E-state index contributed by atoms with van der Waals surface area (Å²) in [5.74, 6) is 0.844. The first-order valence-corrected chi connectivity index (χ1v) is 5.11. The van der Waals surface area contributed by atoms with Gasteiger partial charge in [-0.15, -0.1) is 0 Å². The number of aromatic nitrogens is 2. The van der Waals surface area contributed by atoms with Crippen LogP contribution in [-0.4, -0.2) is 41.4 Å². The highest BCUT2D eigenvalue weighted by Crippen LogP contribution is 2.07. The van der Waals surface area contributed by atoms with Crippen molar-refractivity contribution in [3.63, 3.8) is 0 Å². The maximum absolute atomic E-state index is 4.16. The van der Waals surface area contributed by atoms with E-state index < -0.39 is 0 Å². The minimum Gasteiger partial charge on any atom is -0.316 e. The Labute approximate surface area is 84.9 Å². The molecular formula is C10H18N4. The summed E-state index contributed by atoms with van der Waals surface area (Å²) in [7, 11) is 4.13. The van der Waals surface area contributed by atoms with Gasteiger partial charge in [0.2, 0.25) is 0 Å². The van der Waals surface area contributed by atoms with Crippen LogP contribution in [0.3, 0.4) is 0 Å². The first kappa shape index (κ1) is 9.68. The van der Waals surface area contributed by atoms with Gasteiger partial charge in [-0.1, -0.05) is 0 Å².